The normalized spacial score (nSPS) is 12.1. The maximum absolute atomic E-state index is 12.0. The number of benzene rings is 1. The van der Waals surface area contributed by atoms with Crippen LogP contribution in [-0.2, 0) is 16.0 Å². The second-order valence-electron chi connectivity index (χ2n) is 7.10. The number of ketones is 1. The SMILES string of the molecule is CCO/N=C(\N)c1cnc(SCc2ccc(C(C)(C)C)cc2)c(C(C)=O)n1. The van der Waals surface area contributed by atoms with Gasteiger partial charge in [-0.2, -0.15) is 0 Å². The second-order valence-corrected chi connectivity index (χ2v) is 8.06. The van der Waals surface area contributed by atoms with Gasteiger partial charge < -0.3 is 10.6 Å². The number of nitrogens with two attached hydrogens (primary N) is 1. The van der Waals surface area contributed by atoms with Crippen LogP contribution in [0.25, 0.3) is 0 Å². The molecule has 1 aromatic carbocycles. The third-order valence-corrected chi connectivity index (χ3v) is 4.87. The first-order valence-electron chi connectivity index (χ1n) is 8.78. The van der Waals surface area contributed by atoms with Crippen LogP contribution >= 0.6 is 11.8 Å². The summed E-state index contributed by atoms with van der Waals surface area (Å²) in [5.41, 5.74) is 9.00. The van der Waals surface area contributed by atoms with Crippen molar-refractivity contribution in [2.75, 3.05) is 6.61 Å². The van der Waals surface area contributed by atoms with Gasteiger partial charge >= 0.3 is 0 Å². The minimum Gasteiger partial charge on any atom is -0.394 e. The van der Waals surface area contributed by atoms with Crippen LogP contribution in [0.1, 0.15) is 61.9 Å². The third kappa shape index (κ3) is 5.79. The molecule has 0 unspecified atom stereocenters. The van der Waals surface area contributed by atoms with E-state index in [9.17, 15) is 4.79 Å². The molecule has 0 atom stereocenters. The summed E-state index contributed by atoms with van der Waals surface area (Å²) in [7, 11) is 0. The second kappa shape index (κ2) is 8.99. The summed E-state index contributed by atoms with van der Waals surface area (Å²) in [4.78, 5) is 25.6. The molecule has 0 aliphatic rings. The van der Waals surface area contributed by atoms with Gasteiger partial charge in [-0.05, 0) is 23.5 Å². The summed E-state index contributed by atoms with van der Waals surface area (Å²) >= 11 is 1.47. The lowest BCUT2D eigenvalue weighted by Gasteiger charge is -2.19. The van der Waals surface area contributed by atoms with Gasteiger partial charge in [0, 0.05) is 12.7 Å². The number of nitrogens with zero attached hydrogens (tertiary/aromatic N) is 3. The standard InChI is InChI=1S/C20H26N4O2S/c1-6-26-24-18(21)16-11-22-19(17(23-16)13(2)25)27-12-14-7-9-15(10-8-14)20(3,4)5/h7-11H,6,12H2,1-5H3,(H2,21,24). The van der Waals surface area contributed by atoms with Crippen molar-refractivity contribution >= 4 is 23.4 Å². The number of amidine groups is 1. The monoisotopic (exact) mass is 386 g/mol. The summed E-state index contributed by atoms with van der Waals surface area (Å²) in [6.07, 6.45) is 1.51. The average Bonchev–Trinajstić information content (AvgIpc) is 2.63. The fourth-order valence-electron chi connectivity index (χ4n) is 2.27. The summed E-state index contributed by atoms with van der Waals surface area (Å²) in [6.45, 7) is 10.2. The zero-order valence-electron chi connectivity index (χ0n) is 16.4. The van der Waals surface area contributed by atoms with Gasteiger partial charge in [-0.15, -0.1) is 0 Å². The minimum atomic E-state index is -0.167. The summed E-state index contributed by atoms with van der Waals surface area (Å²) < 4.78 is 0. The maximum atomic E-state index is 12.0. The molecule has 144 valence electrons. The van der Waals surface area contributed by atoms with E-state index >= 15 is 0 Å². The molecule has 0 spiro atoms. The molecule has 2 N–H and O–H groups in total. The van der Waals surface area contributed by atoms with E-state index in [1.54, 1.807) is 6.92 Å². The Morgan fingerprint density at radius 3 is 2.48 bits per heavy atom. The predicted octanol–water partition coefficient (Wildman–Crippen LogP) is 3.93. The van der Waals surface area contributed by atoms with Gasteiger partial charge in [0.05, 0.1) is 6.20 Å². The molecule has 2 rings (SSSR count). The molecule has 0 amide bonds. The largest absolute Gasteiger partial charge is 0.394 e. The quantitative estimate of drug-likeness (QED) is 0.255. The van der Waals surface area contributed by atoms with E-state index in [-0.39, 0.29) is 17.0 Å². The predicted molar refractivity (Wildman–Crippen MR) is 109 cm³/mol. The number of thioether (sulfide) groups is 1. The Morgan fingerprint density at radius 1 is 1.26 bits per heavy atom. The highest BCUT2D eigenvalue weighted by Gasteiger charge is 2.16. The van der Waals surface area contributed by atoms with E-state index < -0.39 is 0 Å². The zero-order chi connectivity index (χ0) is 20.0. The van der Waals surface area contributed by atoms with E-state index in [1.807, 2.05) is 0 Å². The average molecular weight is 387 g/mol. The molecule has 0 saturated heterocycles. The Bertz CT molecular complexity index is 827. The Labute approximate surface area is 164 Å². The summed E-state index contributed by atoms with van der Waals surface area (Å²) in [6, 6.07) is 8.49. The van der Waals surface area contributed by atoms with Gasteiger partial charge in [0.2, 0.25) is 0 Å². The fourth-order valence-corrected chi connectivity index (χ4v) is 3.22. The van der Waals surface area contributed by atoms with Crippen molar-refractivity contribution < 1.29 is 9.63 Å². The van der Waals surface area contributed by atoms with Gasteiger partial charge in [0.15, 0.2) is 11.6 Å². The molecule has 0 radical (unpaired) electrons. The van der Waals surface area contributed by atoms with Gasteiger partial charge in [-0.1, -0.05) is 62.0 Å². The number of carbonyl (C=O) groups is 1. The van der Waals surface area contributed by atoms with Gasteiger partial charge in [-0.25, -0.2) is 9.97 Å². The highest BCUT2D eigenvalue weighted by molar-refractivity contribution is 7.98. The zero-order valence-corrected chi connectivity index (χ0v) is 17.3. The molecule has 7 heteroatoms. The minimum absolute atomic E-state index is 0.0983. The van der Waals surface area contributed by atoms with E-state index in [1.165, 1.54) is 30.4 Å². The molecule has 0 aliphatic heterocycles. The van der Waals surface area contributed by atoms with Crippen molar-refractivity contribution in [1.82, 2.24) is 9.97 Å². The molecule has 27 heavy (non-hydrogen) atoms. The van der Waals surface area contributed by atoms with Crippen LogP contribution < -0.4 is 5.73 Å². The van der Waals surface area contributed by atoms with Crippen molar-refractivity contribution in [3.05, 3.63) is 53.0 Å². The maximum Gasteiger partial charge on any atom is 0.190 e. The molecule has 1 aromatic heterocycles. The van der Waals surface area contributed by atoms with Crippen LogP contribution in [0, 0.1) is 0 Å². The fraction of sp³-hybridized carbons (Fsp3) is 0.400. The van der Waals surface area contributed by atoms with Crippen LogP contribution in [0.5, 0.6) is 0 Å². The van der Waals surface area contributed by atoms with E-state index in [4.69, 9.17) is 10.6 Å². The Kier molecular flexibility index (Phi) is 6.96. The lowest BCUT2D eigenvalue weighted by molar-refractivity contribution is 0.100. The Hall–Kier alpha value is -2.41. The molecule has 0 fully saturated rings. The van der Waals surface area contributed by atoms with Crippen LogP contribution in [0.15, 0.2) is 40.6 Å². The summed E-state index contributed by atoms with van der Waals surface area (Å²) in [5.74, 6) is 0.627. The first-order valence-corrected chi connectivity index (χ1v) is 9.77. The number of carbonyl (C=O) groups excluding carboxylic acids is 1. The molecule has 1 heterocycles. The number of hydrogen-bond acceptors (Lipinski definition) is 6. The number of Topliss-reactive ketones (excluding diaryl/α,β-unsaturated/α-hetero) is 1. The number of oxime groups is 1. The van der Waals surface area contributed by atoms with Gasteiger partial charge in [-0.3, -0.25) is 4.79 Å². The van der Waals surface area contributed by atoms with E-state index in [2.05, 4.69) is 60.2 Å². The van der Waals surface area contributed by atoms with Crippen molar-refractivity contribution in [3.63, 3.8) is 0 Å². The topological polar surface area (TPSA) is 90.5 Å². The van der Waals surface area contributed by atoms with Crippen molar-refractivity contribution in [1.29, 1.82) is 0 Å². The smallest absolute Gasteiger partial charge is 0.190 e. The molecule has 0 saturated carbocycles. The lowest BCUT2D eigenvalue weighted by atomic mass is 9.87. The van der Waals surface area contributed by atoms with Crippen molar-refractivity contribution in [2.24, 2.45) is 10.9 Å². The molecule has 6 nitrogen and oxygen atoms in total. The first-order chi connectivity index (χ1) is 12.7. The molecular weight excluding hydrogens is 360 g/mol. The van der Waals surface area contributed by atoms with Gasteiger partial charge in [0.25, 0.3) is 0 Å². The molecule has 0 aliphatic carbocycles. The highest BCUT2D eigenvalue weighted by Crippen LogP contribution is 2.26. The van der Waals surface area contributed by atoms with Gasteiger partial charge in [0.1, 0.15) is 23.0 Å². The number of aromatic nitrogens is 2. The van der Waals surface area contributed by atoms with Crippen LogP contribution in [0.4, 0.5) is 0 Å². The number of rotatable bonds is 7. The third-order valence-electron chi connectivity index (χ3n) is 3.82. The summed E-state index contributed by atoms with van der Waals surface area (Å²) in [5, 5.41) is 4.32. The van der Waals surface area contributed by atoms with E-state index in [0.29, 0.717) is 28.8 Å². The highest BCUT2D eigenvalue weighted by atomic mass is 32.2. The van der Waals surface area contributed by atoms with E-state index in [0.717, 1.165) is 5.56 Å². The van der Waals surface area contributed by atoms with Crippen LogP contribution in [-0.4, -0.2) is 28.2 Å². The first kappa shape index (κ1) is 20.9. The Morgan fingerprint density at radius 2 is 1.93 bits per heavy atom. The molecular formula is C20H26N4O2S. The molecule has 2 aromatic rings. The van der Waals surface area contributed by atoms with Crippen molar-refractivity contribution in [3.8, 4) is 0 Å². The van der Waals surface area contributed by atoms with Crippen molar-refractivity contribution in [2.45, 2.75) is 50.8 Å². The Balaban J connectivity index is 2.17. The number of hydrogen-bond donors (Lipinski definition) is 1. The van der Waals surface area contributed by atoms with Crippen LogP contribution in [0.2, 0.25) is 0 Å². The lowest BCUT2D eigenvalue weighted by Crippen LogP contribution is -2.18. The molecule has 0 bridgehead atoms. The van der Waals surface area contributed by atoms with Crippen LogP contribution in [0.3, 0.4) is 0 Å².